The molecule has 1 fully saturated rings. The van der Waals surface area contributed by atoms with Gasteiger partial charge in [0.2, 0.25) is 0 Å². The summed E-state index contributed by atoms with van der Waals surface area (Å²) in [5.74, 6) is 1.00. The lowest BCUT2D eigenvalue weighted by Crippen LogP contribution is -2.31. The van der Waals surface area contributed by atoms with Gasteiger partial charge < -0.3 is 5.32 Å². The molecule has 1 amide bonds. The minimum Gasteiger partial charge on any atom is -0.307 e. The first-order valence-corrected chi connectivity index (χ1v) is 5.66. The van der Waals surface area contributed by atoms with Crippen LogP contribution in [0.15, 0.2) is 22.5 Å². The van der Waals surface area contributed by atoms with Crippen molar-refractivity contribution in [3.63, 3.8) is 0 Å². The molecule has 1 aliphatic heterocycles. The number of carbonyl (C=O) groups excluding carboxylic acids is 1. The molecule has 0 bridgehead atoms. The normalized spacial score (nSPS) is 18.9. The van der Waals surface area contributed by atoms with Crippen molar-refractivity contribution >= 4 is 17.5 Å². The standard InChI is InChI=1S/C11H13N5O/c1-16-5-4-8(15-16)11(17)12-10-6-9(13-14-10)7-2-3-7/h4-5,7H,2-3,6H2,1H3,(H,12,14,17). The molecule has 1 aromatic heterocycles. The molecule has 1 aliphatic carbocycles. The summed E-state index contributed by atoms with van der Waals surface area (Å²) in [6, 6.07) is 1.67. The van der Waals surface area contributed by atoms with E-state index in [2.05, 4.69) is 20.6 Å². The Morgan fingerprint density at radius 1 is 1.47 bits per heavy atom. The number of aryl methyl sites for hydroxylation is 1. The third-order valence-electron chi connectivity index (χ3n) is 2.90. The van der Waals surface area contributed by atoms with E-state index in [1.807, 2.05) is 0 Å². The number of nitrogens with one attached hydrogen (secondary N) is 1. The largest absolute Gasteiger partial charge is 0.307 e. The molecular weight excluding hydrogens is 218 g/mol. The Labute approximate surface area is 98.4 Å². The minimum absolute atomic E-state index is 0.225. The second kappa shape index (κ2) is 3.80. The van der Waals surface area contributed by atoms with Crippen LogP contribution in [0.1, 0.15) is 29.8 Å². The summed E-state index contributed by atoms with van der Waals surface area (Å²) in [4.78, 5) is 11.8. The minimum atomic E-state index is -0.225. The monoisotopic (exact) mass is 231 g/mol. The van der Waals surface area contributed by atoms with Crippen LogP contribution < -0.4 is 5.32 Å². The Morgan fingerprint density at radius 2 is 2.29 bits per heavy atom. The predicted octanol–water partition coefficient (Wildman–Crippen LogP) is 0.718. The maximum Gasteiger partial charge on any atom is 0.277 e. The number of aromatic nitrogens is 2. The lowest BCUT2D eigenvalue weighted by molar-refractivity contribution is 0.0971. The van der Waals surface area contributed by atoms with E-state index < -0.39 is 0 Å². The fraction of sp³-hybridized carbons (Fsp3) is 0.455. The molecule has 1 aromatic rings. The van der Waals surface area contributed by atoms with E-state index in [4.69, 9.17) is 0 Å². The van der Waals surface area contributed by atoms with Gasteiger partial charge in [-0.1, -0.05) is 0 Å². The van der Waals surface area contributed by atoms with Crippen molar-refractivity contribution in [1.29, 1.82) is 0 Å². The number of hydrogen-bond donors (Lipinski definition) is 1. The van der Waals surface area contributed by atoms with Crippen LogP contribution in [0.5, 0.6) is 0 Å². The van der Waals surface area contributed by atoms with Crippen LogP contribution >= 0.6 is 0 Å². The van der Waals surface area contributed by atoms with Crippen LogP contribution in [0.3, 0.4) is 0 Å². The molecule has 0 radical (unpaired) electrons. The maximum absolute atomic E-state index is 11.8. The Morgan fingerprint density at radius 3 is 2.94 bits per heavy atom. The number of rotatable bonds is 2. The summed E-state index contributed by atoms with van der Waals surface area (Å²) in [5.41, 5.74) is 1.50. The zero-order chi connectivity index (χ0) is 11.8. The molecule has 0 saturated heterocycles. The predicted molar refractivity (Wildman–Crippen MR) is 62.9 cm³/mol. The van der Waals surface area contributed by atoms with Crippen LogP contribution in [-0.4, -0.2) is 27.2 Å². The molecule has 17 heavy (non-hydrogen) atoms. The topological polar surface area (TPSA) is 71.6 Å². The molecule has 0 atom stereocenters. The summed E-state index contributed by atoms with van der Waals surface area (Å²) < 4.78 is 1.59. The van der Waals surface area contributed by atoms with Gasteiger partial charge in [0.25, 0.3) is 5.91 Å². The molecule has 0 spiro atoms. The van der Waals surface area contributed by atoms with Gasteiger partial charge >= 0.3 is 0 Å². The van der Waals surface area contributed by atoms with Crippen molar-refractivity contribution in [3.8, 4) is 0 Å². The van der Waals surface area contributed by atoms with Gasteiger partial charge in [-0.15, -0.1) is 5.10 Å². The van der Waals surface area contributed by atoms with Gasteiger partial charge in [-0.05, 0) is 24.8 Å². The number of amides is 1. The molecule has 2 aliphatic rings. The third-order valence-corrected chi connectivity index (χ3v) is 2.90. The third kappa shape index (κ3) is 2.11. The zero-order valence-electron chi connectivity index (χ0n) is 9.55. The van der Waals surface area contributed by atoms with Crippen molar-refractivity contribution in [1.82, 2.24) is 15.1 Å². The highest BCUT2D eigenvalue weighted by atomic mass is 16.2. The van der Waals surface area contributed by atoms with Gasteiger partial charge in [0.15, 0.2) is 5.69 Å². The first-order chi connectivity index (χ1) is 8.22. The molecule has 6 nitrogen and oxygen atoms in total. The Hall–Kier alpha value is -1.98. The summed E-state index contributed by atoms with van der Waals surface area (Å²) in [5, 5.41) is 14.9. The second-order valence-corrected chi connectivity index (χ2v) is 4.42. The van der Waals surface area contributed by atoms with E-state index in [1.54, 1.807) is 24.0 Å². The summed E-state index contributed by atoms with van der Waals surface area (Å²) in [6.07, 6.45) is 4.81. The summed E-state index contributed by atoms with van der Waals surface area (Å²) in [7, 11) is 1.78. The first kappa shape index (κ1) is 10.2. The van der Waals surface area contributed by atoms with Crippen molar-refractivity contribution < 1.29 is 4.79 Å². The summed E-state index contributed by atoms with van der Waals surface area (Å²) >= 11 is 0. The van der Waals surface area contributed by atoms with E-state index in [0.717, 1.165) is 5.71 Å². The molecule has 0 aromatic carbocycles. The molecule has 1 saturated carbocycles. The molecule has 88 valence electrons. The van der Waals surface area contributed by atoms with Gasteiger partial charge in [0.05, 0.1) is 5.71 Å². The fourth-order valence-electron chi connectivity index (χ4n) is 1.81. The highest BCUT2D eigenvalue weighted by Gasteiger charge is 2.31. The fourth-order valence-corrected chi connectivity index (χ4v) is 1.81. The van der Waals surface area contributed by atoms with E-state index in [0.29, 0.717) is 23.9 Å². The van der Waals surface area contributed by atoms with E-state index >= 15 is 0 Å². The van der Waals surface area contributed by atoms with Gasteiger partial charge in [-0.2, -0.15) is 10.2 Å². The van der Waals surface area contributed by atoms with Gasteiger partial charge in [-0.25, -0.2) is 0 Å². The highest BCUT2D eigenvalue weighted by molar-refractivity contribution is 6.14. The van der Waals surface area contributed by atoms with Crippen LogP contribution in [0.2, 0.25) is 0 Å². The average molecular weight is 231 g/mol. The molecule has 0 unspecified atom stereocenters. The van der Waals surface area contributed by atoms with Gasteiger partial charge in [0, 0.05) is 19.7 Å². The SMILES string of the molecule is Cn1ccc(C(=O)NC2=NN=C(C3CC3)C2)n1. The van der Waals surface area contributed by atoms with Crippen LogP contribution in [0.25, 0.3) is 0 Å². The van der Waals surface area contributed by atoms with Gasteiger partial charge in [0.1, 0.15) is 5.84 Å². The van der Waals surface area contributed by atoms with E-state index in [9.17, 15) is 4.79 Å². The van der Waals surface area contributed by atoms with E-state index in [-0.39, 0.29) is 5.91 Å². The lowest BCUT2D eigenvalue weighted by atomic mass is 10.2. The smallest absolute Gasteiger partial charge is 0.277 e. The number of carbonyl (C=O) groups is 1. The number of nitrogens with zero attached hydrogens (tertiary/aromatic N) is 4. The van der Waals surface area contributed by atoms with Crippen molar-refractivity contribution in [2.24, 2.45) is 23.2 Å². The maximum atomic E-state index is 11.8. The zero-order valence-corrected chi connectivity index (χ0v) is 9.55. The van der Waals surface area contributed by atoms with Crippen LogP contribution in [0.4, 0.5) is 0 Å². The molecular formula is C11H13N5O. The van der Waals surface area contributed by atoms with Crippen LogP contribution in [0, 0.1) is 5.92 Å². The Kier molecular flexibility index (Phi) is 2.28. The highest BCUT2D eigenvalue weighted by Crippen LogP contribution is 2.33. The van der Waals surface area contributed by atoms with Gasteiger partial charge in [-0.3, -0.25) is 9.48 Å². The Bertz CT molecular complexity index is 524. The van der Waals surface area contributed by atoms with Crippen LogP contribution in [-0.2, 0) is 7.05 Å². The average Bonchev–Trinajstić information content (AvgIpc) is 2.90. The Balaban J connectivity index is 1.60. The lowest BCUT2D eigenvalue weighted by Gasteiger charge is -2.01. The van der Waals surface area contributed by atoms with Crippen molar-refractivity contribution in [2.45, 2.75) is 19.3 Å². The molecule has 3 rings (SSSR count). The molecule has 1 N–H and O–H groups in total. The van der Waals surface area contributed by atoms with E-state index in [1.165, 1.54) is 12.8 Å². The number of hydrogen-bond acceptors (Lipinski definition) is 4. The van der Waals surface area contributed by atoms with Crippen molar-refractivity contribution in [2.75, 3.05) is 0 Å². The number of amidine groups is 1. The summed E-state index contributed by atoms with van der Waals surface area (Å²) in [6.45, 7) is 0. The second-order valence-electron chi connectivity index (χ2n) is 4.42. The quantitative estimate of drug-likeness (QED) is 0.814. The van der Waals surface area contributed by atoms with Crippen molar-refractivity contribution in [3.05, 3.63) is 18.0 Å². The first-order valence-electron chi connectivity index (χ1n) is 5.66. The molecule has 6 heteroatoms. The molecule has 2 heterocycles.